The molecule has 0 radical (unpaired) electrons. The molecule has 0 aliphatic heterocycles. The number of hydrogen-bond acceptors (Lipinski definition) is 9. The van der Waals surface area contributed by atoms with Crippen LogP contribution >= 0.6 is 24.2 Å². The first-order chi connectivity index (χ1) is 24.7. The largest absolute Gasteiger partial charge is 0.508 e. The Labute approximate surface area is 322 Å². The van der Waals surface area contributed by atoms with Gasteiger partial charge >= 0.3 is 5.97 Å². The van der Waals surface area contributed by atoms with Crippen LogP contribution in [0.5, 0.6) is 5.75 Å². The number of esters is 1. The third-order valence-electron chi connectivity index (χ3n) is 11.3. The highest BCUT2D eigenvalue weighted by atomic mass is 35.5. The quantitative estimate of drug-likeness (QED) is 0.139. The van der Waals surface area contributed by atoms with E-state index >= 15 is 0 Å². The number of phenols is 1. The van der Waals surface area contributed by atoms with Gasteiger partial charge < -0.3 is 36.8 Å². The lowest BCUT2D eigenvalue weighted by Crippen LogP contribution is -2.67. The Morgan fingerprint density at radius 2 is 1.57 bits per heavy atom. The van der Waals surface area contributed by atoms with Crippen molar-refractivity contribution >= 4 is 53.8 Å². The van der Waals surface area contributed by atoms with Crippen LogP contribution in [0.15, 0.2) is 54.6 Å². The summed E-state index contributed by atoms with van der Waals surface area (Å²) >= 11 is 1.51. The summed E-state index contributed by atoms with van der Waals surface area (Å²) in [5.41, 5.74) is 6.05. The molecule has 0 spiro atoms. The molecule has 2 aromatic rings. The van der Waals surface area contributed by atoms with Gasteiger partial charge in [-0.25, -0.2) is 0 Å². The minimum atomic E-state index is -1.02. The number of phenolic OH excluding ortho intramolecular Hbond substituents is 1. The van der Waals surface area contributed by atoms with Crippen LogP contribution in [0, 0.1) is 17.3 Å². The van der Waals surface area contributed by atoms with E-state index in [4.69, 9.17) is 10.5 Å². The van der Waals surface area contributed by atoms with E-state index in [-0.39, 0.29) is 36.5 Å². The SMILES string of the molecule is COC(=O)C12CC3CC(CC(NC(=O)[C@H](Cc4ccccc4)NC(=O)CNC(=O)[C@@H](CCSC)NC(=O)[C@@H](N)C(C)(C)c4ccc(O)cc4)(C3)C1)C2.Cl. The van der Waals surface area contributed by atoms with Crippen LogP contribution in [0.4, 0.5) is 0 Å². The maximum atomic E-state index is 14.1. The molecule has 14 heteroatoms. The molecular weight excluding hydrogens is 718 g/mol. The molecule has 4 amide bonds. The first-order valence-electron chi connectivity index (χ1n) is 18.0. The molecular formula is C39H54ClN5O7S. The maximum Gasteiger partial charge on any atom is 0.311 e. The van der Waals surface area contributed by atoms with Gasteiger partial charge in [0.25, 0.3) is 0 Å². The van der Waals surface area contributed by atoms with Crippen molar-refractivity contribution in [3.63, 3.8) is 0 Å². The molecule has 4 fully saturated rings. The number of ether oxygens (including phenoxy) is 1. The van der Waals surface area contributed by atoms with Gasteiger partial charge in [-0.3, -0.25) is 24.0 Å². The van der Waals surface area contributed by atoms with Crippen LogP contribution in [0.2, 0.25) is 0 Å². The molecule has 0 saturated heterocycles. The third-order valence-corrected chi connectivity index (χ3v) is 12.0. The number of rotatable bonds is 16. The Balaban J connectivity index is 0.00000627. The van der Waals surface area contributed by atoms with Gasteiger partial charge in [-0.05, 0) is 92.0 Å². The second kappa shape index (κ2) is 17.6. The predicted octanol–water partition coefficient (Wildman–Crippen LogP) is 3.13. The standard InChI is InChI=1S/C39H53N5O7S.ClH/c1-37(2,27-10-12-28(45)13-11-27)32(40)35(49)43-29(14-15-52-4)33(47)41-22-31(46)42-30(17-24-8-6-5-7-9-24)34(48)44-39-20-25-16-26(21-39)19-38(18-25,23-39)36(50)51-3;/h5-13,25-26,29-30,32,45H,14-23,40H2,1-4H3,(H,41,47)(H,42,46)(H,43,49)(H,44,48);1H/t25?,26?,29-,30+,32-,38?,39?;/m1./s1. The van der Waals surface area contributed by atoms with Crippen molar-refractivity contribution in [2.75, 3.05) is 25.7 Å². The average Bonchev–Trinajstić information content (AvgIpc) is 3.11. The minimum Gasteiger partial charge on any atom is -0.508 e. The molecule has 12 nitrogen and oxygen atoms in total. The summed E-state index contributed by atoms with van der Waals surface area (Å²) in [7, 11) is 1.42. The van der Waals surface area contributed by atoms with E-state index in [9.17, 15) is 29.1 Å². The lowest BCUT2D eigenvalue weighted by Gasteiger charge is -2.60. The summed E-state index contributed by atoms with van der Waals surface area (Å²) in [6.07, 6.45) is 7.12. The fourth-order valence-electron chi connectivity index (χ4n) is 8.97. The second-order valence-corrected chi connectivity index (χ2v) is 16.6. The average molecular weight is 772 g/mol. The first kappa shape index (κ1) is 41.9. The molecule has 0 heterocycles. The molecule has 4 bridgehead atoms. The number of aromatic hydroxyl groups is 1. The molecule has 4 saturated carbocycles. The van der Waals surface area contributed by atoms with E-state index in [0.29, 0.717) is 30.4 Å². The number of methoxy groups -OCH3 is 1. The fourth-order valence-corrected chi connectivity index (χ4v) is 9.44. The smallest absolute Gasteiger partial charge is 0.311 e. The van der Waals surface area contributed by atoms with Crippen molar-refractivity contribution in [2.24, 2.45) is 23.0 Å². The molecule has 290 valence electrons. The highest BCUT2D eigenvalue weighted by Crippen LogP contribution is 2.62. The van der Waals surface area contributed by atoms with Crippen molar-refractivity contribution < 1.29 is 33.8 Å². The third kappa shape index (κ3) is 9.85. The van der Waals surface area contributed by atoms with Gasteiger partial charge in [0.15, 0.2) is 0 Å². The van der Waals surface area contributed by atoms with Crippen molar-refractivity contribution in [3.8, 4) is 5.75 Å². The molecule has 7 N–H and O–H groups in total. The van der Waals surface area contributed by atoms with Crippen molar-refractivity contribution in [1.82, 2.24) is 21.3 Å². The highest BCUT2D eigenvalue weighted by Gasteiger charge is 2.61. The monoisotopic (exact) mass is 771 g/mol. The molecule has 6 rings (SSSR count). The van der Waals surface area contributed by atoms with Gasteiger partial charge in [0.1, 0.15) is 17.8 Å². The van der Waals surface area contributed by atoms with E-state index in [1.807, 2.05) is 50.4 Å². The van der Waals surface area contributed by atoms with E-state index in [2.05, 4.69) is 21.3 Å². The summed E-state index contributed by atoms with van der Waals surface area (Å²) in [5, 5.41) is 21.2. The van der Waals surface area contributed by atoms with Crippen LogP contribution < -0.4 is 27.0 Å². The van der Waals surface area contributed by atoms with Crippen molar-refractivity contribution in [2.45, 2.75) is 94.3 Å². The Hall–Kier alpha value is -3.81. The summed E-state index contributed by atoms with van der Waals surface area (Å²) in [6, 6.07) is 12.9. The van der Waals surface area contributed by atoms with E-state index in [1.165, 1.54) is 31.0 Å². The van der Waals surface area contributed by atoms with Crippen LogP contribution in [-0.4, -0.2) is 84.0 Å². The van der Waals surface area contributed by atoms with E-state index in [0.717, 1.165) is 43.2 Å². The number of amides is 4. The molecule has 2 unspecified atom stereocenters. The number of thioether (sulfide) groups is 1. The Morgan fingerprint density at radius 1 is 0.925 bits per heavy atom. The van der Waals surface area contributed by atoms with Gasteiger partial charge in [-0.1, -0.05) is 56.3 Å². The number of carbonyl (C=O) groups excluding carboxylic acids is 5. The Kier molecular flexibility index (Phi) is 13.9. The number of benzene rings is 2. The zero-order valence-electron chi connectivity index (χ0n) is 30.9. The Bertz CT molecular complexity index is 1610. The second-order valence-electron chi connectivity index (χ2n) is 15.6. The molecule has 4 aliphatic carbocycles. The lowest BCUT2D eigenvalue weighted by molar-refractivity contribution is -0.173. The van der Waals surface area contributed by atoms with Crippen LogP contribution in [0.25, 0.3) is 0 Å². The molecule has 5 atom stereocenters. The van der Waals surface area contributed by atoms with Crippen molar-refractivity contribution in [1.29, 1.82) is 0 Å². The number of nitrogens with two attached hydrogens (primary N) is 1. The Morgan fingerprint density at radius 3 is 2.17 bits per heavy atom. The first-order valence-corrected chi connectivity index (χ1v) is 19.4. The summed E-state index contributed by atoms with van der Waals surface area (Å²) in [5.74, 6) is -0.848. The number of nitrogens with one attached hydrogen (secondary N) is 4. The van der Waals surface area contributed by atoms with Gasteiger partial charge in [0.05, 0.1) is 25.1 Å². The molecule has 2 aromatic carbocycles. The fraction of sp³-hybridized carbons (Fsp3) is 0.564. The van der Waals surface area contributed by atoms with Gasteiger partial charge in [0, 0.05) is 17.4 Å². The maximum absolute atomic E-state index is 14.1. The number of hydrogen-bond donors (Lipinski definition) is 6. The molecule has 4 aliphatic rings. The topological polar surface area (TPSA) is 189 Å². The molecule has 53 heavy (non-hydrogen) atoms. The van der Waals surface area contributed by atoms with Gasteiger partial charge in [-0.2, -0.15) is 11.8 Å². The predicted molar refractivity (Wildman–Crippen MR) is 206 cm³/mol. The number of carbonyl (C=O) groups is 5. The van der Waals surface area contributed by atoms with E-state index in [1.54, 1.807) is 12.1 Å². The normalized spacial score (nSPS) is 24.5. The van der Waals surface area contributed by atoms with Crippen molar-refractivity contribution in [3.05, 3.63) is 65.7 Å². The minimum absolute atomic E-state index is 0. The zero-order valence-corrected chi connectivity index (χ0v) is 32.6. The zero-order chi connectivity index (χ0) is 37.7. The van der Waals surface area contributed by atoms with Gasteiger partial charge in [0.2, 0.25) is 23.6 Å². The van der Waals surface area contributed by atoms with Crippen LogP contribution in [0.1, 0.15) is 69.9 Å². The van der Waals surface area contributed by atoms with Gasteiger partial charge in [-0.15, -0.1) is 12.4 Å². The van der Waals surface area contributed by atoms with E-state index < -0.39 is 58.8 Å². The van der Waals surface area contributed by atoms with Crippen LogP contribution in [0.3, 0.4) is 0 Å². The summed E-state index contributed by atoms with van der Waals surface area (Å²) in [6.45, 7) is 3.22. The lowest BCUT2D eigenvalue weighted by atomic mass is 9.47. The van der Waals surface area contributed by atoms with Crippen LogP contribution in [-0.2, 0) is 40.5 Å². The summed E-state index contributed by atoms with van der Waals surface area (Å²) in [4.78, 5) is 67.2. The number of halogens is 1. The molecule has 0 aromatic heterocycles. The summed E-state index contributed by atoms with van der Waals surface area (Å²) < 4.78 is 5.24. The highest BCUT2D eigenvalue weighted by molar-refractivity contribution is 7.98.